The summed E-state index contributed by atoms with van der Waals surface area (Å²) in [7, 11) is 4.49. The van der Waals surface area contributed by atoms with E-state index in [0.717, 1.165) is 11.4 Å². The van der Waals surface area contributed by atoms with Crippen molar-refractivity contribution in [1.29, 1.82) is 0 Å². The first-order valence-electron chi connectivity index (χ1n) is 6.89. The van der Waals surface area contributed by atoms with Crippen LogP contribution in [0.15, 0.2) is 46.4 Å². The molecule has 2 nitrogen and oxygen atoms in total. The molecule has 0 aromatic heterocycles. The Hall–Kier alpha value is -1.27. The van der Waals surface area contributed by atoms with Crippen LogP contribution in [0, 0.1) is 35.1 Å². The molecule has 0 heterocycles. The molecule has 0 aliphatic carbocycles. The van der Waals surface area contributed by atoms with E-state index in [-0.39, 0.29) is 7.43 Å². The van der Waals surface area contributed by atoms with Crippen LogP contribution in [-0.4, -0.2) is 12.4 Å². The summed E-state index contributed by atoms with van der Waals surface area (Å²) in [5, 5.41) is 0. The molecule has 0 saturated heterocycles. The molecule has 4 heteroatoms. The van der Waals surface area contributed by atoms with Gasteiger partial charge in [-0.25, -0.2) is 0 Å². The average molecular weight is 421 g/mol. The van der Waals surface area contributed by atoms with Crippen LogP contribution < -0.4 is 0 Å². The van der Waals surface area contributed by atoms with Crippen molar-refractivity contribution in [2.45, 2.75) is 27.7 Å². The molecular formula is C19H23ClN2Pd. The van der Waals surface area contributed by atoms with Crippen LogP contribution in [-0.2, 0) is 18.2 Å². The van der Waals surface area contributed by atoms with Gasteiger partial charge in [0.2, 0.25) is 0 Å². The Bertz CT molecular complexity index is 620. The summed E-state index contributed by atoms with van der Waals surface area (Å²) in [4.78, 5) is 8.92. The van der Waals surface area contributed by atoms with Crippen LogP contribution in [0.4, 0.5) is 11.4 Å². The van der Waals surface area contributed by atoms with Crippen LogP contribution >= 0.6 is 9.53 Å². The Morgan fingerprint density at radius 2 is 1.09 bits per heavy atom. The SMILES string of the molecule is Cc1ccc(C)c(N=CC=Nc2cc(C)ccc2C)c1.[CH3-].[Cl][Pd+]. The first-order chi connectivity index (χ1) is 10.6. The van der Waals surface area contributed by atoms with Crippen LogP contribution in [0.3, 0.4) is 0 Å². The van der Waals surface area contributed by atoms with Crippen LogP contribution in [0.1, 0.15) is 22.3 Å². The number of hydrogen-bond donors (Lipinski definition) is 0. The van der Waals surface area contributed by atoms with Gasteiger partial charge in [-0.15, -0.1) is 0 Å². The first kappa shape index (κ1) is 21.7. The number of rotatable bonds is 3. The molecule has 126 valence electrons. The standard InChI is InChI=1S/C18H20N2.CH3.ClH.Pd/c1-13-5-7-15(3)17(11-13)19-9-10-20-18-12-14(2)6-8-16(18)4;;;/h5-12H,1-4H3;1H3;1H;/q;-1;;+2/p-1. The topological polar surface area (TPSA) is 24.7 Å². The third-order valence-corrected chi connectivity index (χ3v) is 3.22. The minimum absolute atomic E-state index is 0. The van der Waals surface area contributed by atoms with E-state index in [1.165, 1.54) is 22.3 Å². The Morgan fingerprint density at radius 1 is 0.739 bits per heavy atom. The van der Waals surface area contributed by atoms with Crippen molar-refractivity contribution < 1.29 is 18.2 Å². The van der Waals surface area contributed by atoms with E-state index in [0.29, 0.717) is 0 Å². The van der Waals surface area contributed by atoms with E-state index in [4.69, 9.17) is 0 Å². The van der Waals surface area contributed by atoms with E-state index in [2.05, 4.69) is 102 Å². The van der Waals surface area contributed by atoms with Gasteiger partial charge in [0.15, 0.2) is 0 Å². The molecule has 0 saturated carbocycles. The van der Waals surface area contributed by atoms with Gasteiger partial charge in [0.05, 0.1) is 11.4 Å². The van der Waals surface area contributed by atoms with Gasteiger partial charge in [0, 0.05) is 12.4 Å². The van der Waals surface area contributed by atoms with Gasteiger partial charge in [-0.3, -0.25) is 9.98 Å². The molecule has 2 aromatic carbocycles. The summed E-state index contributed by atoms with van der Waals surface area (Å²) in [6.07, 6.45) is 3.51. The fourth-order valence-electron chi connectivity index (χ4n) is 1.94. The molecule has 23 heavy (non-hydrogen) atoms. The molecule has 2 aromatic rings. The van der Waals surface area contributed by atoms with Gasteiger partial charge in [-0.05, 0) is 62.1 Å². The first-order valence-corrected chi connectivity index (χ1v) is 8.89. The minimum atomic E-state index is 0. The Kier molecular flexibility index (Phi) is 10.7. The Morgan fingerprint density at radius 3 is 1.43 bits per heavy atom. The van der Waals surface area contributed by atoms with Gasteiger partial charge in [0.1, 0.15) is 0 Å². The molecule has 0 spiro atoms. The van der Waals surface area contributed by atoms with Crippen molar-refractivity contribution in [2.75, 3.05) is 0 Å². The summed E-state index contributed by atoms with van der Waals surface area (Å²) >= 11 is 2.22. The normalized spacial score (nSPS) is 10.4. The molecule has 0 N–H and O–H groups in total. The van der Waals surface area contributed by atoms with Crippen LogP contribution in [0.5, 0.6) is 0 Å². The molecule has 0 radical (unpaired) electrons. The molecule has 2 rings (SSSR count). The van der Waals surface area contributed by atoms with E-state index in [1.807, 2.05) is 0 Å². The number of nitrogens with zero attached hydrogens (tertiary/aromatic N) is 2. The third kappa shape index (κ3) is 7.22. The summed E-state index contributed by atoms with van der Waals surface area (Å²) in [6.45, 7) is 8.27. The second kappa shape index (κ2) is 11.3. The summed E-state index contributed by atoms with van der Waals surface area (Å²) in [5.41, 5.74) is 6.78. The number of aryl methyl sites for hydroxylation is 4. The zero-order valence-electron chi connectivity index (χ0n) is 14.2. The molecular weight excluding hydrogens is 398 g/mol. The second-order valence-electron chi connectivity index (χ2n) is 5.14. The van der Waals surface area contributed by atoms with Gasteiger partial charge in [0.25, 0.3) is 0 Å². The van der Waals surface area contributed by atoms with Gasteiger partial charge >= 0.3 is 27.7 Å². The molecule has 0 aliphatic heterocycles. The molecule has 0 atom stereocenters. The molecule has 0 aliphatic rings. The van der Waals surface area contributed by atoms with Crippen molar-refractivity contribution in [2.24, 2.45) is 9.98 Å². The van der Waals surface area contributed by atoms with E-state index < -0.39 is 0 Å². The van der Waals surface area contributed by atoms with E-state index >= 15 is 0 Å². The van der Waals surface area contributed by atoms with Crippen molar-refractivity contribution in [3.63, 3.8) is 0 Å². The van der Waals surface area contributed by atoms with Crippen molar-refractivity contribution in [3.05, 3.63) is 66.1 Å². The molecule has 0 amide bonds. The van der Waals surface area contributed by atoms with Crippen molar-refractivity contribution >= 4 is 33.3 Å². The van der Waals surface area contributed by atoms with Gasteiger partial charge in [-0.1, -0.05) is 24.3 Å². The van der Waals surface area contributed by atoms with Crippen LogP contribution in [0.2, 0.25) is 0 Å². The number of aliphatic imine (C=N–C) groups is 2. The third-order valence-electron chi connectivity index (χ3n) is 3.22. The fraction of sp³-hybridized carbons (Fsp3) is 0.211. The summed E-state index contributed by atoms with van der Waals surface area (Å²) in [5.74, 6) is 0. The zero-order chi connectivity index (χ0) is 16.5. The predicted molar refractivity (Wildman–Crippen MR) is 100 cm³/mol. The molecule has 0 bridgehead atoms. The quantitative estimate of drug-likeness (QED) is 0.322. The number of benzene rings is 2. The summed E-state index contributed by atoms with van der Waals surface area (Å²) in [6, 6.07) is 12.5. The van der Waals surface area contributed by atoms with E-state index in [9.17, 15) is 0 Å². The maximum atomic E-state index is 4.49. The van der Waals surface area contributed by atoms with E-state index in [1.54, 1.807) is 12.4 Å². The Balaban J connectivity index is 0.00000155. The summed E-state index contributed by atoms with van der Waals surface area (Å²) < 4.78 is 0. The van der Waals surface area contributed by atoms with Gasteiger partial charge in [-0.2, -0.15) is 0 Å². The molecule has 0 fully saturated rings. The second-order valence-corrected chi connectivity index (χ2v) is 5.14. The maximum absolute atomic E-state index is 4.49. The predicted octanol–water partition coefficient (Wildman–Crippen LogP) is 6.16. The average Bonchev–Trinajstić information content (AvgIpc) is 2.52. The number of halogens is 1. The number of hydrogen-bond acceptors (Lipinski definition) is 2. The van der Waals surface area contributed by atoms with Gasteiger partial charge < -0.3 is 7.43 Å². The van der Waals surface area contributed by atoms with Crippen molar-refractivity contribution in [1.82, 2.24) is 0 Å². The van der Waals surface area contributed by atoms with Crippen LogP contribution in [0.25, 0.3) is 0 Å². The zero-order valence-corrected chi connectivity index (χ0v) is 16.5. The van der Waals surface area contributed by atoms with Crippen molar-refractivity contribution in [3.8, 4) is 0 Å². The fourth-order valence-corrected chi connectivity index (χ4v) is 1.94. The monoisotopic (exact) mass is 420 g/mol. The Labute approximate surface area is 155 Å². The molecule has 0 unspecified atom stereocenters.